The van der Waals surface area contributed by atoms with Gasteiger partial charge >= 0.3 is 5.97 Å². The van der Waals surface area contributed by atoms with Gasteiger partial charge in [0.15, 0.2) is 0 Å². The number of likely N-dealkylation sites (tertiary alicyclic amines) is 1. The summed E-state index contributed by atoms with van der Waals surface area (Å²) < 4.78 is 10.1. The molecule has 5 nitrogen and oxygen atoms in total. The number of amides is 1. The molecule has 2 heterocycles. The van der Waals surface area contributed by atoms with Crippen molar-refractivity contribution in [2.45, 2.75) is 38.6 Å². The molecular formula is C14H19NO4. The minimum Gasteiger partial charge on any atom is -0.469 e. The van der Waals surface area contributed by atoms with Crippen LogP contribution in [0.4, 0.5) is 0 Å². The summed E-state index contributed by atoms with van der Waals surface area (Å²) >= 11 is 0. The van der Waals surface area contributed by atoms with Gasteiger partial charge in [-0.05, 0) is 25.3 Å². The highest BCUT2D eigenvalue weighted by molar-refractivity contribution is 5.97. The molecule has 0 radical (unpaired) electrons. The molecule has 1 saturated heterocycles. The Kier molecular flexibility index (Phi) is 4.24. The van der Waals surface area contributed by atoms with Gasteiger partial charge in [-0.25, -0.2) is 4.79 Å². The van der Waals surface area contributed by atoms with Crippen molar-refractivity contribution in [3.05, 3.63) is 23.7 Å². The van der Waals surface area contributed by atoms with Crippen molar-refractivity contribution in [3.8, 4) is 0 Å². The summed E-state index contributed by atoms with van der Waals surface area (Å²) in [6, 6.07) is 1.20. The number of rotatable bonds is 3. The summed E-state index contributed by atoms with van der Waals surface area (Å²) in [5.74, 6) is 0.189. The number of nitrogens with zero attached hydrogens (tertiary/aromatic N) is 1. The molecule has 5 heteroatoms. The van der Waals surface area contributed by atoms with Crippen LogP contribution < -0.4 is 0 Å². The SMILES string of the molecule is CCc1occc1C(=O)N1CCCCC1C(=O)OC. The molecule has 1 atom stereocenters. The molecule has 0 aromatic carbocycles. The Morgan fingerprint density at radius 3 is 2.95 bits per heavy atom. The maximum absolute atomic E-state index is 12.5. The molecule has 1 aliphatic rings. The van der Waals surface area contributed by atoms with Gasteiger partial charge in [0.25, 0.3) is 5.91 Å². The van der Waals surface area contributed by atoms with Crippen molar-refractivity contribution in [1.82, 2.24) is 4.90 Å². The first kappa shape index (κ1) is 13.6. The van der Waals surface area contributed by atoms with Crippen LogP contribution >= 0.6 is 0 Å². The zero-order chi connectivity index (χ0) is 13.8. The van der Waals surface area contributed by atoms with Crippen LogP contribution in [0.2, 0.25) is 0 Å². The zero-order valence-electron chi connectivity index (χ0n) is 11.3. The molecule has 1 amide bonds. The largest absolute Gasteiger partial charge is 0.469 e. The van der Waals surface area contributed by atoms with Crippen LogP contribution in [0.25, 0.3) is 0 Å². The molecule has 0 bridgehead atoms. The third-order valence-electron chi connectivity index (χ3n) is 3.53. The fourth-order valence-electron chi connectivity index (χ4n) is 2.52. The van der Waals surface area contributed by atoms with Crippen molar-refractivity contribution in [2.24, 2.45) is 0 Å². The Morgan fingerprint density at radius 1 is 1.47 bits per heavy atom. The van der Waals surface area contributed by atoms with Gasteiger partial charge in [0.2, 0.25) is 0 Å². The van der Waals surface area contributed by atoms with Crippen LogP contribution in [0.5, 0.6) is 0 Å². The van der Waals surface area contributed by atoms with Crippen molar-refractivity contribution in [2.75, 3.05) is 13.7 Å². The first-order valence-corrected chi connectivity index (χ1v) is 6.64. The smallest absolute Gasteiger partial charge is 0.328 e. The quantitative estimate of drug-likeness (QED) is 0.784. The highest BCUT2D eigenvalue weighted by Crippen LogP contribution is 2.22. The average Bonchev–Trinajstić information content (AvgIpc) is 2.94. The van der Waals surface area contributed by atoms with Crippen LogP contribution in [-0.4, -0.2) is 36.5 Å². The Hall–Kier alpha value is -1.78. The summed E-state index contributed by atoms with van der Waals surface area (Å²) in [5.41, 5.74) is 0.554. The minimum atomic E-state index is -0.467. The van der Waals surface area contributed by atoms with Crippen molar-refractivity contribution < 1.29 is 18.7 Å². The molecule has 104 valence electrons. The predicted molar refractivity (Wildman–Crippen MR) is 68.8 cm³/mol. The molecule has 0 aliphatic carbocycles. The Bertz CT molecular complexity index is 466. The fourth-order valence-corrected chi connectivity index (χ4v) is 2.52. The molecule has 1 aromatic heterocycles. The van der Waals surface area contributed by atoms with E-state index in [1.807, 2.05) is 6.92 Å². The summed E-state index contributed by atoms with van der Waals surface area (Å²) in [6.07, 6.45) is 4.69. The van der Waals surface area contributed by atoms with Gasteiger partial charge in [-0.15, -0.1) is 0 Å². The van der Waals surface area contributed by atoms with E-state index >= 15 is 0 Å². The third kappa shape index (κ3) is 2.64. The summed E-state index contributed by atoms with van der Waals surface area (Å²) in [4.78, 5) is 25.9. The van der Waals surface area contributed by atoms with Gasteiger partial charge in [-0.1, -0.05) is 6.92 Å². The topological polar surface area (TPSA) is 59.8 Å². The minimum absolute atomic E-state index is 0.138. The fraction of sp³-hybridized carbons (Fsp3) is 0.571. The average molecular weight is 265 g/mol. The molecule has 1 unspecified atom stereocenters. The molecule has 2 rings (SSSR count). The van der Waals surface area contributed by atoms with E-state index < -0.39 is 6.04 Å². The maximum Gasteiger partial charge on any atom is 0.328 e. The monoisotopic (exact) mass is 265 g/mol. The van der Waals surface area contributed by atoms with E-state index in [4.69, 9.17) is 9.15 Å². The van der Waals surface area contributed by atoms with Gasteiger partial charge in [0.05, 0.1) is 18.9 Å². The number of aryl methyl sites for hydroxylation is 1. The summed E-state index contributed by atoms with van der Waals surface area (Å²) in [6.45, 7) is 2.52. The van der Waals surface area contributed by atoms with Gasteiger partial charge in [0.1, 0.15) is 11.8 Å². The van der Waals surface area contributed by atoms with E-state index in [0.717, 1.165) is 12.8 Å². The molecule has 1 aromatic rings. The lowest BCUT2D eigenvalue weighted by atomic mass is 10.0. The standard InChI is InChI=1S/C14H19NO4/c1-3-12-10(7-9-19-12)13(16)15-8-5-4-6-11(15)14(17)18-2/h7,9,11H,3-6,8H2,1-2H3. The number of hydrogen-bond acceptors (Lipinski definition) is 4. The van der Waals surface area contributed by atoms with Crippen LogP contribution in [0.15, 0.2) is 16.7 Å². The van der Waals surface area contributed by atoms with Gasteiger partial charge in [-0.2, -0.15) is 0 Å². The van der Waals surface area contributed by atoms with Crippen LogP contribution in [0, 0.1) is 0 Å². The van der Waals surface area contributed by atoms with E-state index in [9.17, 15) is 9.59 Å². The first-order valence-electron chi connectivity index (χ1n) is 6.64. The summed E-state index contributed by atoms with van der Waals surface area (Å²) in [7, 11) is 1.36. The van der Waals surface area contributed by atoms with Gasteiger partial charge in [0, 0.05) is 13.0 Å². The zero-order valence-corrected chi connectivity index (χ0v) is 11.3. The number of ether oxygens (including phenoxy) is 1. The van der Waals surface area contributed by atoms with Crippen LogP contribution in [0.1, 0.15) is 42.3 Å². The number of hydrogen-bond donors (Lipinski definition) is 0. The predicted octanol–water partition coefficient (Wildman–Crippen LogP) is 2.01. The number of carbonyl (C=O) groups excluding carboxylic acids is 2. The normalized spacial score (nSPS) is 19.3. The lowest BCUT2D eigenvalue weighted by molar-refractivity contribution is -0.147. The van der Waals surface area contributed by atoms with E-state index in [1.54, 1.807) is 11.0 Å². The highest BCUT2D eigenvalue weighted by Gasteiger charge is 2.34. The van der Waals surface area contributed by atoms with E-state index in [2.05, 4.69) is 0 Å². The number of methoxy groups -OCH3 is 1. The lowest BCUT2D eigenvalue weighted by Crippen LogP contribution is -2.48. The van der Waals surface area contributed by atoms with Crippen LogP contribution in [-0.2, 0) is 16.0 Å². The molecule has 1 aliphatic heterocycles. The van der Waals surface area contributed by atoms with Crippen molar-refractivity contribution >= 4 is 11.9 Å². The Morgan fingerprint density at radius 2 is 2.26 bits per heavy atom. The second-order valence-electron chi connectivity index (χ2n) is 4.64. The molecule has 19 heavy (non-hydrogen) atoms. The van der Waals surface area contributed by atoms with Gasteiger partial charge < -0.3 is 14.1 Å². The summed E-state index contributed by atoms with van der Waals surface area (Å²) in [5, 5.41) is 0. The first-order chi connectivity index (χ1) is 9.19. The second-order valence-corrected chi connectivity index (χ2v) is 4.64. The van der Waals surface area contributed by atoms with E-state index in [0.29, 0.717) is 30.7 Å². The second kappa shape index (κ2) is 5.91. The molecule has 1 fully saturated rings. The van der Waals surface area contributed by atoms with E-state index in [1.165, 1.54) is 13.4 Å². The molecule has 0 saturated carbocycles. The molecule has 0 N–H and O–H groups in total. The Labute approximate surface area is 112 Å². The van der Waals surface area contributed by atoms with Crippen molar-refractivity contribution in [3.63, 3.8) is 0 Å². The number of carbonyl (C=O) groups is 2. The number of furan rings is 1. The van der Waals surface area contributed by atoms with Crippen LogP contribution in [0.3, 0.4) is 0 Å². The lowest BCUT2D eigenvalue weighted by Gasteiger charge is -2.33. The third-order valence-corrected chi connectivity index (χ3v) is 3.53. The molecular weight excluding hydrogens is 246 g/mol. The number of esters is 1. The Balaban J connectivity index is 2.22. The number of piperidine rings is 1. The highest BCUT2D eigenvalue weighted by atomic mass is 16.5. The maximum atomic E-state index is 12.5. The molecule has 0 spiro atoms. The van der Waals surface area contributed by atoms with Gasteiger partial charge in [-0.3, -0.25) is 4.79 Å². The van der Waals surface area contributed by atoms with E-state index in [-0.39, 0.29) is 11.9 Å². The van der Waals surface area contributed by atoms with Crippen molar-refractivity contribution in [1.29, 1.82) is 0 Å².